The van der Waals surface area contributed by atoms with Gasteiger partial charge in [-0.3, -0.25) is 4.79 Å². The molecule has 1 saturated carbocycles. The molecular formula is C16H22Br2Cl3NO3. The van der Waals surface area contributed by atoms with Crippen molar-refractivity contribution in [3.63, 3.8) is 0 Å². The van der Waals surface area contributed by atoms with Crippen molar-refractivity contribution in [1.82, 2.24) is 5.32 Å². The smallest absolute Gasteiger partial charge is 0.272 e. The van der Waals surface area contributed by atoms with Gasteiger partial charge < -0.3 is 14.8 Å². The summed E-state index contributed by atoms with van der Waals surface area (Å²) in [4.78, 5) is 12.5. The van der Waals surface area contributed by atoms with Gasteiger partial charge in [0.1, 0.15) is 0 Å². The fraction of sp³-hybridized carbons (Fsp3) is 0.812. The van der Waals surface area contributed by atoms with Crippen molar-refractivity contribution >= 4 is 72.6 Å². The SMILES string of the molecule is C=C[C@]1(NC(=O)C(Cl)(Cl)Cl)C[C@@H](Br)[C@@](C)(Br)CC1C1COC(C)(C)O1. The maximum Gasteiger partial charge on any atom is 0.272 e. The van der Waals surface area contributed by atoms with Crippen LogP contribution in [0.3, 0.4) is 0 Å². The van der Waals surface area contributed by atoms with Gasteiger partial charge in [-0.1, -0.05) is 72.7 Å². The predicted octanol–water partition coefficient (Wildman–Crippen LogP) is 4.88. The summed E-state index contributed by atoms with van der Waals surface area (Å²) in [6.07, 6.45) is 2.77. The van der Waals surface area contributed by atoms with Crippen LogP contribution in [0.5, 0.6) is 0 Å². The first kappa shape index (κ1) is 22.3. The van der Waals surface area contributed by atoms with E-state index in [0.29, 0.717) is 19.4 Å². The van der Waals surface area contributed by atoms with Crippen molar-refractivity contribution in [2.75, 3.05) is 6.61 Å². The average molecular weight is 543 g/mol. The van der Waals surface area contributed by atoms with E-state index in [1.54, 1.807) is 6.08 Å². The third kappa shape index (κ3) is 4.87. The summed E-state index contributed by atoms with van der Waals surface area (Å²) in [5.74, 6) is -1.47. The van der Waals surface area contributed by atoms with Crippen LogP contribution in [0.2, 0.25) is 0 Å². The molecule has 1 aliphatic carbocycles. The molecule has 5 atom stereocenters. The molecule has 25 heavy (non-hydrogen) atoms. The second-order valence-corrected chi connectivity index (χ2v) is 12.5. The molecule has 2 rings (SSSR count). The molecule has 1 heterocycles. The second-order valence-electron chi connectivity index (χ2n) is 7.32. The van der Waals surface area contributed by atoms with Gasteiger partial charge in [-0.25, -0.2) is 0 Å². The minimum absolute atomic E-state index is 0.0697. The van der Waals surface area contributed by atoms with E-state index in [4.69, 9.17) is 44.3 Å². The molecule has 2 fully saturated rings. The molecular weight excluding hydrogens is 520 g/mol. The van der Waals surface area contributed by atoms with Gasteiger partial charge in [0, 0.05) is 15.1 Å². The van der Waals surface area contributed by atoms with Crippen molar-refractivity contribution in [2.24, 2.45) is 5.92 Å². The number of ether oxygens (including phenoxy) is 2. The monoisotopic (exact) mass is 539 g/mol. The van der Waals surface area contributed by atoms with Gasteiger partial charge in [0.15, 0.2) is 5.79 Å². The standard InChI is InChI=1S/C16H22Br2Cl3NO3/c1-5-15(22-12(23)16(19,20)21)7-11(17)14(4,18)6-9(15)10-8-24-13(2,3)25-10/h5,9-11H,1,6-8H2,2-4H3,(H,22,23)/t9?,10?,11-,14+,15+/m1/s1. The molecule has 1 aliphatic heterocycles. The fourth-order valence-electron chi connectivity index (χ4n) is 3.49. The van der Waals surface area contributed by atoms with Crippen molar-refractivity contribution in [2.45, 2.75) is 64.0 Å². The summed E-state index contributed by atoms with van der Waals surface area (Å²) in [5.41, 5.74) is -0.795. The first-order chi connectivity index (χ1) is 11.2. The van der Waals surface area contributed by atoms with E-state index in [1.165, 1.54) is 0 Å². The molecule has 144 valence electrons. The lowest BCUT2D eigenvalue weighted by atomic mass is 9.66. The third-order valence-electron chi connectivity index (χ3n) is 4.90. The van der Waals surface area contributed by atoms with Crippen molar-refractivity contribution < 1.29 is 14.3 Å². The van der Waals surface area contributed by atoms with Gasteiger partial charge in [-0.2, -0.15) is 0 Å². The number of alkyl halides is 5. The zero-order valence-electron chi connectivity index (χ0n) is 14.3. The highest BCUT2D eigenvalue weighted by molar-refractivity contribution is 9.12. The number of nitrogens with one attached hydrogen (secondary N) is 1. The molecule has 1 amide bonds. The van der Waals surface area contributed by atoms with Gasteiger partial charge >= 0.3 is 0 Å². The van der Waals surface area contributed by atoms with Crippen LogP contribution in [0, 0.1) is 5.92 Å². The Morgan fingerprint density at radius 1 is 1.32 bits per heavy atom. The number of hydrogen-bond acceptors (Lipinski definition) is 3. The topological polar surface area (TPSA) is 47.6 Å². The Balaban J connectivity index is 2.38. The molecule has 0 aromatic rings. The summed E-state index contributed by atoms with van der Waals surface area (Å²) in [7, 11) is 0. The average Bonchev–Trinajstić information content (AvgIpc) is 2.81. The lowest BCUT2D eigenvalue weighted by molar-refractivity contribution is -0.150. The van der Waals surface area contributed by atoms with Gasteiger partial charge in [0.2, 0.25) is 0 Å². The number of rotatable bonds is 3. The first-order valence-electron chi connectivity index (χ1n) is 7.90. The zero-order chi connectivity index (χ0) is 19.3. The fourth-order valence-corrected chi connectivity index (χ4v) is 4.86. The summed E-state index contributed by atoms with van der Waals surface area (Å²) in [6.45, 7) is 10.2. The lowest BCUT2D eigenvalue weighted by Gasteiger charge is -2.52. The number of halogens is 5. The molecule has 0 spiro atoms. The van der Waals surface area contributed by atoms with E-state index in [2.05, 4.69) is 50.7 Å². The summed E-state index contributed by atoms with van der Waals surface area (Å²) in [6, 6.07) is 0. The van der Waals surface area contributed by atoms with Crippen LogP contribution in [0.1, 0.15) is 33.6 Å². The molecule has 2 unspecified atom stereocenters. The minimum Gasteiger partial charge on any atom is -0.348 e. The number of amides is 1. The molecule has 1 N–H and O–H groups in total. The molecule has 2 aliphatic rings. The second kappa shape index (κ2) is 7.41. The molecule has 0 bridgehead atoms. The quantitative estimate of drug-likeness (QED) is 0.409. The third-order valence-corrected chi connectivity index (χ3v) is 8.24. The molecule has 0 radical (unpaired) electrons. The molecule has 0 aromatic heterocycles. The van der Waals surface area contributed by atoms with Gasteiger partial charge in [0.25, 0.3) is 9.70 Å². The maximum absolute atomic E-state index is 12.4. The highest BCUT2D eigenvalue weighted by atomic mass is 79.9. The van der Waals surface area contributed by atoms with Crippen LogP contribution in [-0.2, 0) is 14.3 Å². The van der Waals surface area contributed by atoms with Crippen LogP contribution in [0.4, 0.5) is 0 Å². The van der Waals surface area contributed by atoms with E-state index in [0.717, 1.165) is 0 Å². The van der Waals surface area contributed by atoms with Gasteiger partial charge in [-0.05, 0) is 33.6 Å². The maximum atomic E-state index is 12.4. The van der Waals surface area contributed by atoms with Crippen LogP contribution >= 0.6 is 66.7 Å². The Kier molecular flexibility index (Phi) is 6.60. The van der Waals surface area contributed by atoms with Crippen molar-refractivity contribution in [3.8, 4) is 0 Å². The molecule has 1 saturated heterocycles. The van der Waals surface area contributed by atoms with E-state index < -0.39 is 21.0 Å². The molecule has 0 aromatic carbocycles. The Morgan fingerprint density at radius 2 is 1.92 bits per heavy atom. The largest absolute Gasteiger partial charge is 0.348 e. The van der Waals surface area contributed by atoms with E-state index >= 15 is 0 Å². The Bertz CT molecular complexity index is 553. The zero-order valence-corrected chi connectivity index (χ0v) is 19.7. The van der Waals surface area contributed by atoms with E-state index in [9.17, 15) is 4.79 Å². The van der Waals surface area contributed by atoms with Crippen molar-refractivity contribution in [3.05, 3.63) is 12.7 Å². The predicted molar refractivity (Wildman–Crippen MR) is 109 cm³/mol. The van der Waals surface area contributed by atoms with Crippen LogP contribution < -0.4 is 5.32 Å². The summed E-state index contributed by atoms with van der Waals surface area (Å²) < 4.78 is 9.58. The van der Waals surface area contributed by atoms with E-state index in [-0.39, 0.29) is 21.2 Å². The van der Waals surface area contributed by atoms with Crippen molar-refractivity contribution in [1.29, 1.82) is 0 Å². The normalized spacial score (nSPS) is 41.4. The van der Waals surface area contributed by atoms with Gasteiger partial charge in [-0.15, -0.1) is 6.58 Å². The lowest BCUT2D eigenvalue weighted by Crippen LogP contribution is -2.64. The highest BCUT2D eigenvalue weighted by Crippen LogP contribution is 2.51. The van der Waals surface area contributed by atoms with E-state index in [1.807, 2.05) is 13.8 Å². The molecule has 4 nitrogen and oxygen atoms in total. The van der Waals surface area contributed by atoms with Crippen LogP contribution in [0.25, 0.3) is 0 Å². The number of hydrogen-bond donors (Lipinski definition) is 1. The Morgan fingerprint density at radius 3 is 2.36 bits per heavy atom. The Labute approximate surface area is 180 Å². The van der Waals surface area contributed by atoms with Crippen LogP contribution in [0.15, 0.2) is 12.7 Å². The molecule has 9 heteroatoms. The highest BCUT2D eigenvalue weighted by Gasteiger charge is 2.56. The van der Waals surface area contributed by atoms with Gasteiger partial charge in [0.05, 0.1) is 18.2 Å². The first-order valence-corrected chi connectivity index (χ1v) is 10.7. The minimum atomic E-state index is -2.05. The summed E-state index contributed by atoms with van der Waals surface area (Å²) in [5, 5.41) is 2.91. The number of carbonyl (C=O) groups excluding carboxylic acids is 1. The number of carbonyl (C=O) groups is 1. The summed E-state index contributed by atoms with van der Waals surface area (Å²) >= 11 is 24.8. The van der Waals surface area contributed by atoms with Crippen LogP contribution in [-0.4, -0.2) is 42.9 Å². The Hall–Kier alpha value is 0.960.